The van der Waals surface area contributed by atoms with E-state index in [0.29, 0.717) is 0 Å². The smallest absolute Gasteiger partial charge is 0.186 e. The van der Waals surface area contributed by atoms with Crippen LogP contribution >= 0.6 is 0 Å². The number of hydrogen-bond acceptors (Lipinski definition) is 8. The van der Waals surface area contributed by atoms with Crippen molar-refractivity contribution in [3.8, 4) is 0 Å². The van der Waals surface area contributed by atoms with Gasteiger partial charge >= 0.3 is 0 Å². The zero-order chi connectivity index (χ0) is 13.9. The molecule has 0 aromatic carbocycles. The number of aliphatic hydroxyl groups excluding tert-OH is 5. The number of hydrogen-bond donors (Lipinski definition) is 6. The second-order valence-electron chi connectivity index (χ2n) is 4.44. The van der Waals surface area contributed by atoms with Crippen LogP contribution in [0.1, 0.15) is 6.92 Å². The van der Waals surface area contributed by atoms with E-state index >= 15 is 0 Å². The molecular formula is C10H21NO7. The highest BCUT2D eigenvalue weighted by atomic mass is 16.7. The molecule has 3 unspecified atom stereocenters. The van der Waals surface area contributed by atoms with E-state index in [1.807, 2.05) is 0 Å². The minimum Gasteiger partial charge on any atom is -0.394 e. The molecule has 1 fully saturated rings. The van der Waals surface area contributed by atoms with Crippen LogP contribution in [0.25, 0.3) is 0 Å². The van der Waals surface area contributed by atoms with Crippen molar-refractivity contribution in [1.29, 1.82) is 0 Å². The molecule has 0 radical (unpaired) electrons. The predicted octanol–water partition coefficient (Wildman–Crippen LogP) is -3.49. The lowest BCUT2D eigenvalue weighted by molar-refractivity contribution is -0.302. The Morgan fingerprint density at radius 1 is 1.22 bits per heavy atom. The largest absolute Gasteiger partial charge is 0.394 e. The zero-order valence-corrected chi connectivity index (χ0v) is 10.1. The molecule has 0 amide bonds. The molecule has 0 aromatic rings. The van der Waals surface area contributed by atoms with Crippen LogP contribution in [0.4, 0.5) is 0 Å². The predicted molar refractivity (Wildman–Crippen MR) is 59.4 cm³/mol. The third-order valence-corrected chi connectivity index (χ3v) is 2.92. The average Bonchev–Trinajstić information content (AvgIpc) is 2.34. The summed E-state index contributed by atoms with van der Waals surface area (Å²) in [7, 11) is 0. The molecule has 108 valence electrons. The van der Waals surface area contributed by atoms with Crippen molar-refractivity contribution in [3.63, 3.8) is 0 Å². The van der Waals surface area contributed by atoms with Gasteiger partial charge in [0, 0.05) is 0 Å². The number of ether oxygens (including phenoxy) is 2. The maximum Gasteiger partial charge on any atom is 0.186 e. The first-order valence-electron chi connectivity index (χ1n) is 5.74. The van der Waals surface area contributed by atoms with Crippen LogP contribution in [0.5, 0.6) is 0 Å². The molecule has 0 saturated carbocycles. The van der Waals surface area contributed by atoms with Crippen LogP contribution in [0.3, 0.4) is 0 Å². The van der Waals surface area contributed by atoms with Gasteiger partial charge in [-0.25, -0.2) is 0 Å². The molecule has 0 spiro atoms. The number of rotatable bonds is 5. The first-order valence-corrected chi connectivity index (χ1v) is 5.74. The van der Waals surface area contributed by atoms with Crippen molar-refractivity contribution < 1.29 is 35.0 Å². The molecule has 0 aromatic heterocycles. The summed E-state index contributed by atoms with van der Waals surface area (Å²) in [5.74, 6) is 0. The minimum absolute atomic E-state index is 0.0969. The van der Waals surface area contributed by atoms with Crippen LogP contribution in [-0.4, -0.2) is 81.6 Å². The van der Waals surface area contributed by atoms with Crippen LogP contribution in [-0.2, 0) is 9.47 Å². The van der Waals surface area contributed by atoms with Crippen LogP contribution in [0, 0.1) is 0 Å². The highest BCUT2D eigenvalue weighted by Crippen LogP contribution is 2.21. The van der Waals surface area contributed by atoms with Crippen LogP contribution in [0.2, 0.25) is 0 Å². The molecule has 18 heavy (non-hydrogen) atoms. The summed E-state index contributed by atoms with van der Waals surface area (Å²) in [5, 5.41) is 46.8. The van der Waals surface area contributed by atoms with Crippen molar-refractivity contribution in [1.82, 2.24) is 0 Å². The van der Waals surface area contributed by atoms with Crippen LogP contribution < -0.4 is 5.73 Å². The lowest BCUT2D eigenvalue weighted by Gasteiger charge is -2.39. The quantitative estimate of drug-likeness (QED) is 0.301. The number of aliphatic hydroxyl groups is 5. The lowest BCUT2D eigenvalue weighted by Crippen LogP contribution is -2.59. The third kappa shape index (κ3) is 3.59. The molecule has 1 saturated heterocycles. The Labute approximate surface area is 105 Å². The Morgan fingerprint density at radius 3 is 2.33 bits per heavy atom. The Kier molecular flexibility index (Phi) is 5.89. The van der Waals surface area contributed by atoms with E-state index in [1.165, 1.54) is 6.92 Å². The third-order valence-electron chi connectivity index (χ3n) is 2.92. The summed E-state index contributed by atoms with van der Waals surface area (Å²) in [6.45, 7) is 0.870. The second kappa shape index (κ2) is 6.73. The molecule has 1 rings (SSSR count). The minimum atomic E-state index is -1.48. The lowest BCUT2D eigenvalue weighted by atomic mass is 9.99. The molecule has 7 atom stereocenters. The average molecular weight is 267 g/mol. The summed E-state index contributed by atoms with van der Waals surface area (Å²) in [6.07, 6.45) is -7.39. The van der Waals surface area contributed by atoms with Crippen molar-refractivity contribution in [2.75, 3.05) is 13.2 Å². The van der Waals surface area contributed by atoms with Gasteiger partial charge in [-0.05, 0) is 6.92 Å². The molecule has 0 bridgehead atoms. The molecule has 0 aliphatic carbocycles. The summed E-state index contributed by atoms with van der Waals surface area (Å²) >= 11 is 0. The van der Waals surface area contributed by atoms with E-state index < -0.39 is 49.5 Å². The Balaban J connectivity index is 2.54. The van der Waals surface area contributed by atoms with E-state index in [-0.39, 0.29) is 6.61 Å². The standard InChI is InChI=1S/C10H21NO7/c1-4(13)5(11)3-17-10-9(16)8(15)7(14)6(2-12)18-10/h4-10,12-16H,2-3,11H2,1H3/t4-,5+,6?,7-,8?,9?,10-/m1/s1. The van der Waals surface area contributed by atoms with Gasteiger partial charge in [0.25, 0.3) is 0 Å². The van der Waals surface area contributed by atoms with Gasteiger partial charge in [-0.15, -0.1) is 0 Å². The van der Waals surface area contributed by atoms with E-state index in [2.05, 4.69) is 0 Å². The molecule has 8 nitrogen and oxygen atoms in total. The van der Waals surface area contributed by atoms with Crippen LogP contribution in [0.15, 0.2) is 0 Å². The van der Waals surface area contributed by atoms with Gasteiger partial charge in [0.05, 0.1) is 25.4 Å². The van der Waals surface area contributed by atoms with E-state index in [9.17, 15) is 20.4 Å². The Bertz CT molecular complexity index is 250. The first kappa shape index (κ1) is 15.7. The molecular weight excluding hydrogens is 246 g/mol. The van der Waals surface area contributed by atoms with Gasteiger partial charge in [-0.2, -0.15) is 0 Å². The van der Waals surface area contributed by atoms with Gasteiger partial charge in [-0.1, -0.05) is 0 Å². The maximum atomic E-state index is 9.63. The fraction of sp³-hybridized carbons (Fsp3) is 1.00. The summed E-state index contributed by atoms with van der Waals surface area (Å²) in [6, 6.07) is -0.669. The van der Waals surface area contributed by atoms with Crippen molar-refractivity contribution in [2.45, 2.75) is 49.8 Å². The fourth-order valence-corrected chi connectivity index (χ4v) is 1.55. The van der Waals surface area contributed by atoms with Gasteiger partial charge in [0.1, 0.15) is 24.4 Å². The number of nitrogens with two attached hydrogens (primary N) is 1. The molecule has 8 heteroatoms. The highest BCUT2D eigenvalue weighted by molar-refractivity contribution is 4.89. The van der Waals surface area contributed by atoms with Gasteiger partial charge in [0.2, 0.25) is 0 Å². The fourth-order valence-electron chi connectivity index (χ4n) is 1.55. The Morgan fingerprint density at radius 2 is 1.83 bits per heavy atom. The van der Waals surface area contributed by atoms with Gasteiger partial charge in [0.15, 0.2) is 6.29 Å². The highest BCUT2D eigenvalue weighted by Gasteiger charge is 2.44. The first-order chi connectivity index (χ1) is 8.38. The SMILES string of the molecule is C[C@@H](O)[C@@H](N)CO[C@@H]1OC(CO)[C@@H](O)C(O)C1O. The molecule has 1 aliphatic rings. The molecule has 1 heterocycles. The van der Waals surface area contributed by atoms with E-state index in [0.717, 1.165) is 0 Å². The Hall–Kier alpha value is -0.320. The van der Waals surface area contributed by atoms with E-state index in [1.54, 1.807) is 0 Å². The summed E-state index contributed by atoms with van der Waals surface area (Å²) < 4.78 is 10.2. The molecule has 7 N–H and O–H groups in total. The zero-order valence-electron chi connectivity index (χ0n) is 10.1. The molecule has 1 aliphatic heterocycles. The van der Waals surface area contributed by atoms with Crippen molar-refractivity contribution in [3.05, 3.63) is 0 Å². The normalized spacial score (nSPS) is 40.5. The van der Waals surface area contributed by atoms with E-state index in [4.69, 9.17) is 20.3 Å². The summed E-state index contributed by atoms with van der Waals surface area (Å²) in [4.78, 5) is 0. The van der Waals surface area contributed by atoms with Gasteiger partial charge < -0.3 is 40.7 Å². The van der Waals surface area contributed by atoms with Gasteiger partial charge in [-0.3, -0.25) is 0 Å². The maximum absolute atomic E-state index is 9.63. The second-order valence-corrected chi connectivity index (χ2v) is 4.44. The summed E-state index contributed by atoms with van der Waals surface area (Å²) in [5.41, 5.74) is 5.53. The van der Waals surface area contributed by atoms with Crippen molar-refractivity contribution >= 4 is 0 Å². The topological polar surface area (TPSA) is 146 Å². The van der Waals surface area contributed by atoms with Crippen molar-refractivity contribution in [2.24, 2.45) is 5.73 Å². The monoisotopic (exact) mass is 267 g/mol.